The zero-order chi connectivity index (χ0) is 18.7. The van der Waals surface area contributed by atoms with Crippen LogP contribution in [0.4, 0.5) is 0 Å². The van der Waals surface area contributed by atoms with Crippen LogP contribution in [0.1, 0.15) is 0 Å². The number of fused-ring (bicyclic) bond motifs is 5. The molecule has 0 unspecified atom stereocenters. The van der Waals surface area contributed by atoms with Crippen molar-refractivity contribution in [3.63, 3.8) is 0 Å². The molecule has 6 aromatic rings. The Morgan fingerprint density at radius 3 is 1.71 bits per heavy atom. The van der Waals surface area contributed by atoms with Crippen molar-refractivity contribution in [3.8, 4) is 11.1 Å². The van der Waals surface area contributed by atoms with Crippen LogP contribution in [0.2, 0.25) is 0 Å². The van der Waals surface area contributed by atoms with Crippen LogP contribution in [-0.4, -0.2) is 0 Å². The van der Waals surface area contributed by atoms with Crippen molar-refractivity contribution in [1.29, 1.82) is 0 Å². The Kier molecular flexibility index (Phi) is 3.59. The second-order valence-electron chi connectivity index (χ2n) is 7.06. The van der Waals surface area contributed by atoms with E-state index in [-0.39, 0.29) is 0 Å². The van der Waals surface area contributed by atoms with Gasteiger partial charge in [0, 0.05) is 30.2 Å². The third kappa shape index (κ3) is 2.22. The van der Waals surface area contributed by atoms with Crippen LogP contribution in [0.5, 0.6) is 0 Å². The van der Waals surface area contributed by atoms with Gasteiger partial charge in [0.1, 0.15) is 0 Å². The fourth-order valence-corrected chi connectivity index (χ4v) is 6.22. The van der Waals surface area contributed by atoms with Crippen LogP contribution >= 0.6 is 27.3 Å². The molecule has 0 aliphatic carbocycles. The first kappa shape index (κ1) is 16.3. The predicted octanol–water partition coefficient (Wildman–Crippen LogP) is 8.79. The van der Waals surface area contributed by atoms with Crippen molar-refractivity contribution in [2.24, 2.45) is 0 Å². The smallest absolute Gasteiger partial charge is 0.0434 e. The molecule has 0 aliphatic heterocycles. The highest BCUT2D eigenvalue weighted by Gasteiger charge is 2.17. The standard InChI is InChI=1S/C26H15BrS/c27-25-19-11-3-1-9-17(19)24(18-10-2-4-12-20(18)25)22-14-7-13-21-16-8-5-6-15-23(16)28-26(21)22/h1-15H. The molecule has 0 nitrogen and oxygen atoms in total. The predicted molar refractivity (Wildman–Crippen MR) is 127 cm³/mol. The van der Waals surface area contributed by atoms with E-state index in [0.29, 0.717) is 0 Å². The normalized spacial score (nSPS) is 11.8. The van der Waals surface area contributed by atoms with Crippen molar-refractivity contribution in [3.05, 3.63) is 95.5 Å². The molecule has 0 fully saturated rings. The largest absolute Gasteiger partial charge is 0.135 e. The highest BCUT2D eigenvalue weighted by Crippen LogP contribution is 2.46. The van der Waals surface area contributed by atoms with Crippen LogP contribution < -0.4 is 0 Å². The quantitative estimate of drug-likeness (QED) is 0.225. The molecule has 0 atom stereocenters. The Morgan fingerprint density at radius 2 is 1.04 bits per heavy atom. The molecule has 0 saturated carbocycles. The lowest BCUT2D eigenvalue weighted by Crippen LogP contribution is -1.87. The van der Waals surface area contributed by atoms with E-state index in [1.54, 1.807) is 0 Å². The minimum Gasteiger partial charge on any atom is -0.135 e. The topological polar surface area (TPSA) is 0 Å². The van der Waals surface area contributed by atoms with E-state index in [1.165, 1.54) is 57.3 Å². The van der Waals surface area contributed by atoms with Crippen LogP contribution in [0, 0.1) is 0 Å². The molecular weight excluding hydrogens is 424 g/mol. The molecule has 132 valence electrons. The second kappa shape index (κ2) is 6.16. The van der Waals surface area contributed by atoms with E-state index in [9.17, 15) is 0 Å². The summed E-state index contributed by atoms with van der Waals surface area (Å²) in [6, 6.07) is 32.9. The maximum absolute atomic E-state index is 3.87. The highest BCUT2D eigenvalue weighted by atomic mass is 79.9. The SMILES string of the molecule is Brc1c2ccccc2c(-c2cccc3c2sc2ccccc23)c2ccccc12. The summed E-state index contributed by atoms with van der Waals surface area (Å²) in [7, 11) is 0. The Labute approximate surface area is 175 Å². The fraction of sp³-hybridized carbons (Fsp3) is 0. The molecule has 1 aromatic heterocycles. The Morgan fingerprint density at radius 1 is 0.500 bits per heavy atom. The lowest BCUT2D eigenvalue weighted by Gasteiger charge is -2.15. The minimum absolute atomic E-state index is 1.17. The molecule has 0 aliphatic rings. The molecule has 28 heavy (non-hydrogen) atoms. The van der Waals surface area contributed by atoms with Gasteiger partial charge in [-0.2, -0.15) is 0 Å². The maximum Gasteiger partial charge on any atom is 0.0434 e. The monoisotopic (exact) mass is 438 g/mol. The van der Waals surface area contributed by atoms with Gasteiger partial charge in [-0.1, -0.05) is 84.9 Å². The minimum atomic E-state index is 1.17. The molecule has 0 amide bonds. The zero-order valence-electron chi connectivity index (χ0n) is 14.9. The van der Waals surface area contributed by atoms with Crippen molar-refractivity contribution in [1.82, 2.24) is 0 Å². The van der Waals surface area contributed by atoms with Crippen LogP contribution in [0.15, 0.2) is 95.5 Å². The summed E-state index contributed by atoms with van der Waals surface area (Å²) in [6.45, 7) is 0. The molecule has 0 saturated heterocycles. The van der Waals surface area contributed by atoms with Gasteiger partial charge >= 0.3 is 0 Å². The summed E-state index contributed by atoms with van der Waals surface area (Å²) in [5.41, 5.74) is 2.64. The summed E-state index contributed by atoms with van der Waals surface area (Å²) in [6.07, 6.45) is 0. The molecular formula is C26H15BrS. The molecule has 0 spiro atoms. The van der Waals surface area contributed by atoms with Gasteiger partial charge in [-0.15, -0.1) is 11.3 Å². The molecule has 0 radical (unpaired) electrons. The summed E-state index contributed by atoms with van der Waals surface area (Å²) in [5, 5.41) is 7.78. The van der Waals surface area contributed by atoms with E-state index in [0.717, 1.165) is 0 Å². The van der Waals surface area contributed by atoms with Gasteiger partial charge < -0.3 is 0 Å². The van der Waals surface area contributed by atoms with E-state index in [4.69, 9.17) is 0 Å². The zero-order valence-corrected chi connectivity index (χ0v) is 17.3. The van der Waals surface area contributed by atoms with Crippen LogP contribution in [0.3, 0.4) is 0 Å². The highest BCUT2D eigenvalue weighted by molar-refractivity contribution is 9.10. The van der Waals surface area contributed by atoms with Gasteiger partial charge in [-0.3, -0.25) is 0 Å². The number of rotatable bonds is 1. The van der Waals surface area contributed by atoms with E-state index in [2.05, 4.69) is 107 Å². The first-order chi connectivity index (χ1) is 13.8. The molecule has 0 N–H and O–H groups in total. The van der Waals surface area contributed by atoms with Gasteiger partial charge in [0.2, 0.25) is 0 Å². The molecule has 6 rings (SSSR count). The Bertz CT molecular complexity index is 1470. The number of benzene rings is 5. The van der Waals surface area contributed by atoms with Gasteiger partial charge in [0.15, 0.2) is 0 Å². The summed E-state index contributed by atoms with van der Waals surface area (Å²) in [4.78, 5) is 0. The average Bonchev–Trinajstić information content (AvgIpc) is 3.14. The number of hydrogen-bond donors (Lipinski definition) is 0. The van der Waals surface area contributed by atoms with Crippen molar-refractivity contribution >= 4 is 69.0 Å². The average molecular weight is 439 g/mol. The molecule has 2 heteroatoms. The summed E-state index contributed by atoms with van der Waals surface area (Å²) < 4.78 is 3.88. The lowest BCUT2D eigenvalue weighted by atomic mass is 9.91. The van der Waals surface area contributed by atoms with E-state index in [1.807, 2.05) is 11.3 Å². The third-order valence-electron chi connectivity index (χ3n) is 5.54. The lowest BCUT2D eigenvalue weighted by molar-refractivity contribution is 1.72. The van der Waals surface area contributed by atoms with Crippen molar-refractivity contribution in [2.45, 2.75) is 0 Å². The third-order valence-corrected chi connectivity index (χ3v) is 7.61. The molecule has 1 heterocycles. The first-order valence-electron chi connectivity index (χ1n) is 9.32. The van der Waals surface area contributed by atoms with E-state index < -0.39 is 0 Å². The fourth-order valence-electron chi connectivity index (χ4n) is 4.31. The van der Waals surface area contributed by atoms with Crippen molar-refractivity contribution in [2.75, 3.05) is 0 Å². The van der Waals surface area contributed by atoms with Crippen LogP contribution in [0.25, 0.3) is 52.8 Å². The molecule has 5 aromatic carbocycles. The number of hydrogen-bond acceptors (Lipinski definition) is 1. The number of thiophene rings is 1. The number of halogens is 1. The second-order valence-corrected chi connectivity index (χ2v) is 8.91. The van der Waals surface area contributed by atoms with Gasteiger partial charge in [0.25, 0.3) is 0 Å². The van der Waals surface area contributed by atoms with E-state index >= 15 is 0 Å². The first-order valence-corrected chi connectivity index (χ1v) is 10.9. The summed E-state index contributed by atoms with van der Waals surface area (Å²) in [5.74, 6) is 0. The summed E-state index contributed by atoms with van der Waals surface area (Å²) >= 11 is 5.76. The Hall–Kier alpha value is -2.68. The van der Waals surface area contributed by atoms with Gasteiger partial charge in [-0.25, -0.2) is 0 Å². The Balaban J connectivity index is 1.86. The van der Waals surface area contributed by atoms with Gasteiger partial charge in [-0.05, 0) is 49.1 Å². The van der Waals surface area contributed by atoms with Crippen LogP contribution in [-0.2, 0) is 0 Å². The van der Waals surface area contributed by atoms with Crippen molar-refractivity contribution < 1.29 is 0 Å². The maximum atomic E-state index is 3.87. The van der Waals surface area contributed by atoms with Gasteiger partial charge in [0.05, 0.1) is 0 Å². The molecule has 0 bridgehead atoms.